The van der Waals surface area contributed by atoms with Crippen molar-refractivity contribution in [3.05, 3.63) is 71.3 Å². The average Bonchev–Trinajstić information content (AvgIpc) is 3.17. The molecule has 2 aromatic heterocycles. The van der Waals surface area contributed by atoms with E-state index in [0.717, 1.165) is 37.1 Å². The third kappa shape index (κ3) is 5.27. The number of hydrogen-bond acceptors (Lipinski definition) is 4. The van der Waals surface area contributed by atoms with Gasteiger partial charge in [0.05, 0.1) is 6.20 Å². The van der Waals surface area contributed by atoms with Crippen molar-refractivity contribution in [3.8, 4) is 11.5 Å². The molecule has 0 fully saturated rings. The Morgan fingerprint density at radius 2 is 1.77 bits per heavy atom. The Hall–Kier alpha value is -2.46. The fourth-order valence-electron chi connectivity index (χ4n) is 2.76. The smallest absolute Gasteiger partial charge is 0.263 e. The maximum atomic E-state index is 12.2. The molecule has 0 radical (unpaired) electrons. The number of Topliss-reactive ketones (excluding diaryl/α,β-unsaturated/α-hetero) is 1. The number of ketones is 1. The zero-order valence-corrected chi connectivity index (χ0v) is 15.3. The van der Waals surface area contributed by atoms with Crippen LogP contribution in [-0.4, -0.2) is 15.8 Å². The fourth-order valence-corrected chi connectivity index (χ4v) is 2.88. The summed E-state index contributed by atoms with van der Waals surface area (Å²) in [5.74, 6) is 0.647. The van der Waals surface area contributed by atoms with E-state index in [4.69, 9.17) is 16.0 Å². The third-order valence-electron chi connectivity index (χ3n) is 4.19. The van der Waals surface area contributed by atoms with E-state index < -0.39 is 0 Å². The van der Waals surface area contributed by atoms with Crippen molar-refractivity contribution < 1.29 is 9.21 Å². The lowest BCUT2D eigenvalue weighted by Crippen LogP contribution is -1.99. The van der Waals surface area contributed by atoms with E-state index in [1.807, 2.05) is 30.3 Å². The van der Waals surface area contributed by atoms with Crippen molar-refractivity contribution in [1.82, 2.24) is 9.97 Å². The first-order valence-electron chi connectivity index (χ1n) is 8.87. The highest BCUT2D eigenvalue weighted by Gasteiger charge is 2.14. The first kappa shape index (κ1) is 18.3. The number of aromatic nitrogens is 2. The van der Waals surface area contributed by atoms with Gasteiger partial charge in [0.1, 0.15) is 5.69 Å². The molecule has 0 bridgehead atoms. The van der Waals surface area contributed by atoms with Crippen LogP contribution in [0.15, 0.2) is 59.3 Å². The molecule has 2 heterocycles. The van der Waals surface area contributed by atoms with Crippen LogP contribution in [0.2, 0.25) is 5.02 Å². The molecule has 26 heavy (non-hydrogen) atoms. The normalized spacial score (nSPS) is 10.8. The van der Waals surface area contributed by atoms with Gasteiger partial charge in [-0.2, -0.15) is 0 Å². The summed E-state index contributed by atoms with van der Waals surface area (Å²) in [5.41, 5.74) is 1.98. The van der Waals surface area contributed by atoms with Crippen LogP contribution in [0, 0.1) is 0 Å². The maximum absolute atomic E-state index is 12.2. The van der Waals surface area contributed by atoms with Gasteiger partial charge in [0.25, 0.3) is 5.89 Å². The van der Waals surface area contributed by atoms with Crippen LogP contribution in [0.5, 0.6) is 0 Å². The van der Waals surface area contributed by atoms with Gasteiger partial charge < -0.3 is 4.42 Å². The van der Waals surface area contributed by atoms with E-state index in [9.17, 15) is 4.79 Å². The molecule has 0 saturated heterocycles. The van der Waals surface area contributed by atoms with Gasteiger partial charge in [-0.05, 0) is 49.1 Å². The third-order valence-corrected chi connectivity index (χ3v) is 4.45. The van der Waals surface area contributed by atoms with E-state index in [2.05, 4.69) is 22.1 Å². The molecule has 0 saturated carbocycles. The number of aryl methyl sites for hydroxylation is 1. The molecule has 1 aromatic carbocycles. The minimum Gasteiger partial charge on any atom is -0.432 e. The lowest BCUT2D eigenvalue weighted by Gasteiger charge is -2.02. The standard InChI is InChI=1S/C21H21ClN2O2/c22-17-12-10-16(11-13-17)7-3-1-2-4-9-19(25)21-24-15-20(26-21)18-8-5-6-14-23-18/h5-6,8,10-15H,1-4,7,9H2. The molecule has 0 N–H and O–H groups in total. The van der Waals surface area contributed by atoms with Crippen molar-refractivity contribution in [2.24, 2.45) is 0 Å². The van der Waals surface area contributed by atoms with Gasteiger partial charge in [-0.1, -0.05) is 42.6 Å². The Morgan fingerprint density at radius 1 is 0.962 bits per heavy atom. The second kappa shape index (κ2) is 9.30. The largest absolute Gasteiger partial charge is 0.432 e. The number of pyridine rings is 1. The number of benzene rings is 1. The molecule has 3 aromatic rings. The summed E-state index contributed by atoms with van der Waals surface area (Å²) in [5, 5.41) is 0.769. The molecule has 3 rings (SSSR count). The van der Waals surface area contributed by atoms with Crippen molar-refractivity contribution in [3.63, 3.8) is 0 Å². The predicted molar refractivity (Wildman–Crippen MR) is 102 cm³/mol. The molecule has 0 atom stereocenters. The first-order valence-corrected chi connectivity index (χ1v) is 9.25. The number of oxazole rings is 1. The Balaban J connectivity index is 1.37. The number of halogens is 1. The van der Waals surface area contributed by atoms with Gasteiger partial charge in [0, 0.05) is 17.6 Å². The molecule has 0 unspecified atom stereocenters. The van der Waals surface area contributed by atoms with Crippen LogP contribution in [0.4, 0.5) is 0 Å². The fraction of sp³-hybridized carbons (Fsp3) is 0.286. The van der Waals surface area contributed by atoms with Gasteiger partial charge in [-0.25, -0.2) is 4.98 Å². The highest BCUT2D eigenvalue weighted by atomic mass is 35.5. The zero-order valence-electron chi connectivity index (χ0n) is 14.5. The van der Waals surface area contributed by atoms with Crippen LogP contribution in [0.25, 0.3) is 11.5 Å². The van der Waals surface area contributed by atoms with Gasteiger partial charge in [-0.15, -0.1) is 0 Å². The summed E-state index contributed by atoms with van der Waals surface area (Å²) in [4.78, 5) is 20.5. The Labute approximate surface area is 158 Å². The lowest BCUT2D eigenvalue weighted by molar-refractivity contribution is 0.0946. The van der Waals surface area contributed by atoms with E-state index in [0.29, 0.717) is 17.9 Å². The molecule has 5 heteroatoms. The number of rotatable bonds is 9. The number of carbonyl (C=O) groups is 1. The maximum Gasteiger partial charge on any atom is 0.263 e. The molecule has 0 aliphatic carbocycles. The van der Waals surface area contributed by atoms with E-state index in [1.165, 1.54) is 5.56 Å². The SMILES string of the molecule is O=C(CCCCCCc1ccc(Cl)cc1)c1ncc(-c2ccccn2)o1. The average molecular weight is 369 g/mol. The minimum atomic E-state index is -0.0510. The van der Waals surface area contributed by atoms with Gasteiger partial charge in [0.15, 0.2) is 5.76 Å². The van der Waals surface area contributed by atoms with E-state index in [1.54, 1.807) is 12.4 Å². The van der Waals surface area contributed by atoms with Crippen molar-refractivity contribution >= 4 is 17.4 Å². The van der Waals surface area contributed by atoms with Gasteiger partial charge in [-0.3, -0.25) is 9.78 Å². The van der Waals surface area contributed by atoms with Crippen LogP contribution < -0.4 is 0 Å². The number of unbranched alkanes of at least 4 members (excludes halogenated alkanes) is 3. The highest BCUT2D eigenvalue weighted by molar-refractivity contribution is 6.30. The van der Waals surface area contributed by atoms with Crippen LogP contribution in [0.1, 0.15) is 48.4 Å². The van der Waals surface area contributed by atoms with Crippen molar-refractivity contribution in [2.45, 2.75) is 38.5 Å². The van der Waals surface area contributed by atoms with Crippen LogP contribution in [-0.2, 0) is 6.42 Å². The van der Waals surface area contributed by atoms with Crippen molar-refractivity contribution in [2.75, 3.05) is 0 Å². The second-order valence-corrected chi connectivity index (χ2v) is 6.64. The van der Waals surface area contributed by atoms with Crippen LogP contribution in [0.3, 0.4) is 0 Å². The molecule has 4 nitrogen and oxygen atoms in total. The zero-order chi connectivity index (χ0) is 18.2. The van der Waals surface area contributed by atoms with Gasteiger partial charge in [0.2, 0.25) is 5.78 Å². The van der Waals surface area contributed by atoms with E-state index in [-0.39, 0.29) is 11.7 Å². The number of carbonyl (C=O) groups excluding carboxylic acids is 1. The van der Waals surface area contributed by atoms with Crippen molar-refractivity contribution in [1.29, 1.82) is 0 Å². The first-order chi connectivity index (χ1) is 12.7. The quantitative estimate of drug-likeness (QED) is 0.355. The monoisotopic (exact) mass is 368 g/mol. The summed E-state index contributed by atoms with van der Waals surface area (Å²) in [6, 6.07) is 13.5. The van der Waals surface area contributed by atoms with Gasteiger partial charge >= 0.3 is 0 Å². The molecule has 0 aliphatic rings. The molecule has 134 valence electrons. The Bertz CT molecular complexity index is 829. The summed E-state index contributed by atoms with van der Waals surface area (Å²) >= 11 is 5.88. The van der Waals surface area contributed by atoms with Crippen LogP contribution >= 0.6 is 11.6 Å². The molecule has 0 spiro atoms. The topological polar surface area (TPSA) is 56.0 Å². The molecule has 0 amide bonds. The minimum absolute atomic E-state index is 0.0510. The number of nitrogens with zero attached hydrogens (tertiary/aromatic N) is 2. The predicted octanol–water partition coefficient (Wildman–Crippen LogP) is 5.77. The summed E-state index contributed by atoms with van der Waals surface area (Å²) < 4.78 is 5.54. The van der Waals surface area contributed by atoms with E-state index >= 15 is 0 Å². The Kier molecular flexibility index (Phi) is 6.56. The summed E-state index contributed by atoms with van der Waals surface area (Å²) in [6.07, 6.45) is 8.82. The molecular formula is C21H21ClN2O2. The second-order valence-electron chi connectivity index (χ2n) is 6.21. The molecular weight excluding hydrogens is 348 g/mol. The Morgan fingerprint density at radius 3 is 2.54 bits per heavy atom. The summed E-state index contributed by atoms with van der Waals surface area (Å²) in [6.45, 7) is 0. The lowest BCUT2D eigenvalue weighted by atomic mass is 10.0. The number of hydrogen-bond donors (Lipinski definition) is 0. The molecule has 0 aliphatic heterocycles. The summed E-state index contributed by atoms with van der Waals surface area (Å²) in [7, 11) is 0. The highest BCUT2D eigenvalue weighted by Crippen LogP contribution is 2.19.